The van der Waals surface area contributed by atoms with Crippen molar-refractivity contribution in [2.45, 2.75) is 24.8 Å². The maximum absolute atomic E-state index is 12.8. The SMILES string of the molecule is NC(=O)NC(=O)CCN1C(=O)N[C@]2(CCc3ccccc32)C1=O. The minimum Gasteiger partial charge on any atom is -0.351 e. The highest BCUT2D eigenvalue weighted by atomic mass is 16.2. The molecule has 1 aromatic carbocycles. The number of carbonyl (C=O) groups is 4. The Bertz CT molecular complexity index is 717. The fourth-order valence-corrected chi connectivity index (χ4v) is 3.21. The molecule has 23 heavy (non-hydrogen) atoms. The predicted molar refractivity (Wildman–Crippen MR) is 79.0 cm³/mol. The third-order valence-corrected chi connectivity index (χ3v) is 4.25. The van der Waals surface area contributed by atoms with Gasteiger partial charge in [-0.1, -0.05) is 24.3 Å². The van der Waals surface area contributed by atoms with E-state index in [4.69, 9.17) is 5.73 Å². The lowest BCUT2D eigenvalue weighted by molar-refractivity contribution is -0.132. The van der Waals surface area contributed by atoms with Crippen LogP contribution in [-0.4, -0.2) is 35.3 Å². The average Bonchev–Trinajstić information content (AvgIpc) is 2.97. The van der Waals surface area contributed by atoms with Crippen molar-refractivity contribution in [1.29, 1.82) is 0 Å². The quantitative estimate of drug-likeness (QED) is 0.677. The Balaban J connectivity index is 1.77. The normalized spacial score (nSPS) is 22.2. The molecule has 120 valence electrons. The number of hydrogen-bond donors (Lipinski definition) is 3. The Kier molecular flexibility index (Phi) is 3.51. The van der Waals surface area contributed by atoms with Crippen molar-refractivity contribution in [1.82, 2.24) is 15.5 Å². The molecule has 1 saturated heterocycles. The van der Waals surface area contributed by atoms with Crippen molar-refractivity contribution >= 4 is 23.9 Å². The van der Waals surface area contributed by atoms with Crippen molar-refractivity contribution < 1.29 is 19.2 Å². The smallest absolute Gasteiger partial charge is 0.325 e. The number of urea groups is 2. The van der Waals surface area contributed by atoms with E-state index < -0.39 is 23.5 Å². The molecule has 6 amide bonds. The van der Waals surface area contributed by atoms with Crippen LogP contribution in [0.5, 0.6) is 0 Å². The van der Waals surface area contributed by atoms with Crippen LogP contribution >= 0.6 is 0 Å². The number of imide groups is 2. The molecule has 1 fully saturated rings. The minimum atomic E-state index is -1.03. The van der Waals surface area contributed by atoms with Crippen LogP contribution in [0.2, 0.25) is 0 Å². The minimum absolute atomic E-state index is 0.103. The highest BCUT2D eigenvalue weighted by Gasteiger charge is 2.54. The fraction of sp³-hybridized carbons (Fsp3) is 0.333. The van der Waals surface area contributed by atoms with E-state index in [0.717, 1.165) is 16.0 Å². The van der Waals surface area contributed by atoms with Crippen LogP contribution in [0.15, 0.2) is 24.3 Å². The molecule has 0 unspecified atom stereocenters. The number of benzene rings is 1. The van der Waals surface area contributed by atoms with Crippen molar-refractivity contribution in [3.63, 3.8) is 0 Å². The zero-order valence-electron chi connectivity index (χ0n) is 12.3. The summed E-state index contributed by atoms with van der Waals surface area (Å²) in [7, 11) is 0. The van der Waals surface area contributed by atoms with Crippen LogP contribution < -0.4 is 16.4 Å². The van der Waals surface area contributed by atoms with Gasteiger partial charge in [-0.25, -0.2) is 9.59 Å². The van der Waals surface area contributed by atoms with Crippen LogP contribution in [0.4, 0.5) is 9.59 Å². The summed E-state index contributed by atoms with van der Waals surface area (Å²) >= 11 is 0. The van der Waals surface area contributed by atoms with Gasteiger partial charge in [0, 0.05) is 13.0 Å². The van der Waals surface area contributed by atoms with Crippen LogP contribution in [0.1, 0.15) is 24.0 Å². The first-order chi connectivity index (χ1) is 10.9. The molecule has 0 aromatic heterocycles. The summed E-state index contributed by atoms with van der Waals surface area (Å²) in [4.78, 5) is 48.0. The maximum Gasteiger partial charge on any atom is 0.325 e. The number of aryl methyl sites for hydroxylation is 1. The van der Waals surface area contributed by atoms with Crippen LogP contribution in [-0.2, 0) is 21.5 Å². The van der Waals surface area contributed by atoms with Crippen LogP contribution in [0.25, 0.3) is 0 Å². The number of rotatable bonds is 3. The van der Waals surface area contributed by atoms with E-state index in [0.29, 0.717) is 12.8 Å². The third-order valence-electron chi connectivity index (χ3n) is 4.25. The Morgan fingerprint density at radius 2 is 2.04 bits per heavy atom. The van der Waals surface area contributed by atoms with Crippen LogP contribution in [0, 0.1) is 0 Å². The zero-order valence-corrected chi connectivity index (χ0v) is 12.3. The first-order valence-electron chi connectivity index (χ1n) is 7.26. The zero-order chi connectivity index (χ0) is 16.6. The molecule has 8 heteroatoms. The number of primary amides is 1. The van der Waals surface area contributed by atoms with Crippen LogP contribution in [0.3, 0.4) is 0 Å². The lowest BCUT2D eigenvalue weighted by atomic mass is 9.92. The molecular formula is C15H16N4O4. The first kappa shape index (κ1) is 15.0. The molecule has 1 spiro atoms. The molecule has 8 nitrogen and oxygen atoms in total. The number of amides is 6. The van der Waals surface area contributed by atoms with Gasteiger partial charge in [0.05, 0.1) is 0 Å². The molecule has 1 aliphatic carbocycles. The van der Waals surface area contributed by atoms with E-state index in [1.807, 2.05) is 29.6 Å². The number of carbonyl (C=O) groups excluding carboxylic acids is 4. The number of nitrogens with one attached hydrogen (secondary N) is 2. The summed E-state index contributed by atoms with van der Waals surface area (Å²) in [6.45, 7) is -0.103. The van der Waals surface area contributed by atoms with Gasteiger partial charge in [-0.3, -0.25) is 19.8 Å². The van der Waals surface area contributed by atoms with Gasteiger partial charge in [0.1, 0.15) is 5.54 Å². The average molecular weight is 316 g/mol. The fourth-order valence-electron chi connectivity index (χ4n) is 3.21. The summed E-state index contributed by atoms with van der Waals surface area (Å²) < 4.78 is 0. The van der Waals surface area contributed by atoms with Gasteiger partial charge in [-0.15, -0.1) is 0 Å². The van der Waals surface area contributed by atoms with Crippen molar-refractivity contribution in [3.8, 4) is 0 Å². The second kappa shape index (κ2) is 5.38. The Morgan fingerprint density at radius 3 is 2.78 bits per heavy atom. The summed E-state index contributed by atoms with van der Waals surface area (Å²) in [5, 5.41) is 4.67. The molecule has 1 heterocycles. The third kappa shape index (κ3) is 2.41. The second-order valence-corrected chi connectivity index (χ2v) is 5.61. The molecule has 1 aromatic rings. The van der Waals surface area contributed by atoms with E-state index >= 15 is 0 Å². The summed E-state index contributed by atoms with van der Waals surface area (Å²) in [6, 6.07) is 6.00. The van der Waals surface area contributed by atoms with Gasteiger partial charge in [-0.05, 0) is 24.0 Å². The van der Waals surface area contributed by atoms with Gasteiger partial charge < -0.3 is 11.1 Å². The molecule has 4 N–H and O–H groups in total. The van der Waals surface area contributed by atoms with Gasteiger partial charge in [0.25, 0.3) is 5.91 Å². The molecule has 3 rings (SSSR count). The molecular weight excluding hydrogens is 300 g/mol. The molecule has 0 radical (unpaired) electrons. The topological polar surface area (TPSA) is 122 Å². The highest BCUT2D eigenvalue weighted by Crippen LogP contribution is 2.41. The number of fused-ring (bicyclic) bond motifs is 2. The standard InChI is InChI=1S/C15H16N4O4/c16-13(22)17-11(20)6-8-19-12(21)15(18-14(19)23)7-5-9-3-1-2-4-10(9)15/h1-4H,5-8H2,(H,18,23)(H3,16,17,20,22)/t15-/m0/s1. The molecule has 2 aliphatic rings. The van der Waals surface area contributed by atoms with Crippen molar-refractivity contribution in [3.05, 3.63) is 35.4 Å². The largest absolute Gasteiger partial charge is 0.351 e. The van der Waals surface area contributed by atoms with Crippen molar-refractivity contribution in [2.24, 2.45) is 5.73 Å². The lowest BCUT2D eigenvalue weighted by Gasteiger charge is -2.22. The highest BCUT2D eigenvalue weighted by molar-refractivity contribution is 6.08. The van der Waals surface area contributed by atoms with Crippen molar-refractivity contribution in [2.75, 3.05) is 6.54 Å². The van der Waals surface area contributed by atoms with E-state index in [2.05, 4.69) is 5.32 Å². The number of hydrogen-bond acceptors (Lipinski definition) is 4. The van der Waals surface area contributed by atoms with Gasteiger partial charge in [-0.2, -0.15) is 0 Å². The Morgan fingerprint density at radius 1 is 1.30 bits per heavy atom. The molecule has 1 atom stereocenters. The Hall–Kier alpha value is -2.90. The maximum atomic E-state index is 12.8. The molecule has 0 bridgehead atoms. The van der Waals surface area contributed by atoms with Gasteiger partial charge in [0.2, 0.25) is 5.91 Å². The second-order valence-electron chi connectivity index (χ2n) is 5.61. The van der Waals surface area contributed by atoms with E-state index in [9.17, 15) is 19.2 Å². The Labute approximate surface area is 132 Å². The van der Waals surface area contributed by atoms with E-state index in [-0.39, 0.29) is 18.9 Å². The number of nitrogens with zero attached hydrogens (tertiary/aromatic N) is 1. The monoisotopic (exact) mass is 316 g/mol. The summed E-state index contributed by atoms with van der Waals surface area (Å²) in [6.07, 6.45) is 1.03. The lowest BCUT2D eigenvalue weighted by Crippen LogP contribution is -2.42. The molecule has 1 aliphatic heterocycles. The number of nitrogens with two attached hydrogens (primary N) is 1. The van der Waals surface area contributed by atoms with E-state index in [1.54, 1.807) is 0 Å². The predicted octanol–water partition coefficient (Wildman–Crippen LogP) is -0.0351. The summed E-state index contributed by atoms with van der Waals surface area (Å²) in [5.41, 5.74) is 5.66. The first-order valence-corrected chi connectivity index (χ1v) is 7.26. The van der Waals surface area contributed by atoms with Gasteiger partial charge >= 0.3 is 12.1 Å². The summed E-state index contributed by atoms with van der Waals surface area (Å²) in [5.74, 6) is -0.995. The molecule has 0 saturated carbocycles. The van der Waals surface area contributed by atoms with Gasteiger partial charge in [0.15, 0.2) is 0 Å². The van der Waals surface area contributed by atoms with E-state index in [1.165, 1.54) is 0 Å².